The van der Waals surface area contributed by atoms with Crippen molar-refractivity contribution in [2.24, 2.45) is 7.05 Å². The SMILES string of the molecule is CCCSc1ccc(N)c(NC(=O)c2cnn(C)c2)c1. The smallest absolute Gasteiger partial charge is 0.258 e. The molecule has 0 saturated heterocycles. The molecule has 3 N–H and O–H groups in total. The van der Waals surface area contributed by atoms with Crippen LogP contribution in [0.4, 0.5) is 11.4 Å². The van der Waals surface area contributed by atoms with E-state index in [1.165, 1.54) is 6.20 Å². The highest BCUT2D eigenvalue weighted by molar-refractivity contribution is 7.99. The highest BCUT2D eigenvalue weighted by Crippen LogP contribution is 2.27. The number of benzene rings is 1. The Hall–Kier alpha value is -1.95. The lowest BCUT2D eigenvalue weighted by Crippen LogP contribution is -2.12. The number of hydrogen-bond acceptors (Lipinski definition) is 4. The van der Waals surface area contributed by atoms with Crippen LogP contribution in [0, 0.1) is 0 Å². The number of carbonyl (C=O) groups excluding carboxylic acids is 1. The predicted octanol–water partition coefficient (Wildman–Crippen LogP) is 2.76. The molecule has 2 rings (SSSR count). The van der Waals surface area contributed by atoms with Gasteiger partial charge in [0.25, 0.3) is 5.91 Å². The van der Waals surface area contributed by atoms with E-state index >= 15 is 0 Å². The Morgan fingerprint density at radius 1 is 1.50 bits per heavy atom. The summed E-state index contributed by atoms with van der Waals surface area (Å²) in [7, 11) is 1.77. The van der Waals surface area contributed by atoms with Gasteiger partial charge >= 0.3 is 0 Å². The number of nitrogens with zero attached hydrogens (tertiary/aromatic N) is 2. The third-order valence-electron chi connectivity index (χ3n) is 2.71. The number of amides is 1. The number of hydrogen-bond donors (Lipinski definition) is 2. The van der Waals surface area contributed by atoms with Gasteiger partial charge in [0.05, 0.1) is 23.1 Å². The number of carbonyl (C=O) groups is 1. The first-order valence-corrected chi connectivity index (χ1v) is 7.41. The fourth-order valence-electron chi connectivity index (χ4n) is 1.69. The van der Waals surface area contributed by atoms with E-state index < -0.39 is 0 Å². The summed E-state index contributed by atoms with van der Waals surface area (Å²) >= 11 is 1.75. The first kappa shape index (κ1) is 14.5. The molecule has 0 aliphatic carbocycles. The number of thioether (sulfide) groups is 1. The van der Waals surface area contributed by atoms with E-state index in [0.29, 0.717) is 16.9 Å². The number of anilines is 2. The molecule has 0 atom stereocenters. The third kappa shape index (κ3) is 3.54. The number of aryl methyl sites for hydroxylation is 1. The second-order valence-electron chi connectivity index (χ2n) is 4.45. The zero-order chi connectivity index (χ0) is 14.5. The fourth-order valence-corrected chi connectivity index (χ4v) is 2.49. The summed E-state index contributed by atoms with van der Waals surface area (Å²) in [5.74, 6) is 0.836. The average molecular weight is 290 g/mol. The van der Waals surface area contributed by atoms with E-state index in [1.54, 1.807) is 29.7 Å². The number of nitrogens with two attached hydrogens (primary N) is 1. The maximum Gasteiger partial charge on any atom is 0.258 e. The minimum absolute atomic E-state index is 0.206. The molecule has 1 amide bonds. The third-order valence-corrected chi connectivity index (χ3v) is 3.91. The minimum atomic E-state index is -0.206. The molecule has 0 aliphatic heterocycles. The lowest BCUT2D eigenvalue weighted by molar-refractivity contribution is 0.102. The van der Waals surface area contributed by atoms with Gasteiger partial charge in [0.2, 0.25) is 0 Å². The molecule has 0 saturated carbocycles. The van der Waals surface area contributed by atoms with Crippen LogP contribution in [-0.4, -0.2) is 21.4 Å². The zero-order valence-electron chi connectivity index (χ0n) is 11.6. The lowest BCUT2D eigenvalue weighted by atomic mass is 10.2. The van der Waals surface area contributed by atoms with E-state index in [4.69, 9.17) is 5.73 Å². The molecule has 1 aromatic heterocycles. The summed E-state index contributed by atoms with van der Waals surface area (Å²) in [4.78, 5) is 13.2. The van der Waals surface area contributed by atoms with Crippen LogP contribution in [-0.2, 0) is 7.05 Å². The minimum Gasteiger partial charge on any atom is -0.397 e. The Morgan fingerprint density at radius 2 is 2.30 bits per heavy atom. The van der Waals surface area contributed by atoms with E-state index in [-0.39, 0.29) is 5.91 Å². The van der Waals surface area contributed by atoms with Gasteiger partial charge in [0, 0.05) is 18.1 Å². The quantitative estimate of drug-likeness (QED) is 0.656. The maximum atomic E-state index is 12.1. The van der Waals surface area contributed by atoms with Gasteiger partial charge in [-0.1, -0.05) is 6.92 Å². The van der Waals surface area contributed by atoms with Crippen LogP contribution in [0.15, 0.2) is 35.5 Å². The molecule has 6 heteroatoms. The van der Waals surface area contributed by atoms with Gasteiger partial charge < -0.3 is 11.1 Å². The summed E-state index contributed by atoms with van der Waals surface area (Å²) in [6.45, 7) is 2.13. The van der Waals surface area contributed by atoms with Crippen molar-refractivity contribution in [1.29, 1.82) is 0 Å². The first-order valence-electron chi connectivity index (χ1n) is 6.42. The van der Waals surface area contributed by atoms with E-state index in [9.17, 15) is 4.79 Å². The summed E-state index contributed by atoms with van der Waals surface area (Å²) in [5.41, 5.74) is 7.61. The highest BCUT2D eigenvalue weighted by Gasteiger charge is 2.10. The van der Waals surface area contributed by atoms with Crippen molar-refractivity contribution in [2.75, 3.05) is 16.8 Å². The number of nitrogens with one attached hydrogen (secondary N) is 1. The molecule has 5 nitrogen and oxygen atoms in total. The fraction of sp³-hybridized carbons (Fsp3) is 0.286. The molecule has 0 unspecified atom stereocenters. The lowest BCUT2D eigenvalue weighted by Gasteiger charge is -2.09. The summed E-state index contributed by atoms with van der Waals surface area (Å²) in [6.07, 6.45) is 4.30. The van der Waals surface area contributed by atoms with Crippen molar-refractivity contribution in [3.8, 4) is 0 Å². The van der Waals surface area contributed by atoms with Crippen molar-refractivity contribution in [2.45, 2.75) is 18.2 Å². The van der Waals surface area contributed by atoms with Crippen molar-refractivity contribution in [3.63, 3.8) is 0 Å². The van der Waals surface area contributed by atoms with Crippen LogP contribution in [0.25, 0.3) is 0 Å². The van der Waals surface area contributed by atoms with Crippen LogP contribution < -0.4 is 11.1 Å². The molecule has 1 aromatic carbocycles. The molecule has 2 aromatic rings. The normalized spacial score (nSPS) is 10.5. The average Bonchev–Trinajstić information content (AvgIpc) is 2.86. The van der Waals surface area contributed by atoms with Crippen molar-refractivity contribution in [1.82, 2.24) is 9.78 Å². The van der Waals surface area contributed by atoms with Gasteiger partial charge in [-0.05, 0) is 30.4 Å². The van der Waals surface area contributed by atoms with Crippen molar-refractivity contribution < 1.29 is 4.79 Å². The Kier molecular flexibility index (Phi) is 4.68. The van der Waals surface area contributed by atoms with E-state index in [1.807, 2.05) is 18.2 Å². The van der Waals surface area contributed by atoms with Crippen molar-refractivity contribution in [3.05, 3.63) is 36.2 Å². The van der Waals surface area contributed by atoms with Gasteiger partial charge in [0.15, 0.2) is 0 Å². The molecule has 0 fully saturated rings. The standard InChI is InChI=1S/C14H18N4OS/c1-3-6-20-11-4-5-12(15)13(7-11)17-14(19)10-8-16-18(2)9-10/h4-5,7-9H,3,6,15H2,1-2H3,(H,17,19). The monoisotopic (exact) mass is 290 g/mol. The van der Waals surface area contributed by atoms with Gasteiger partial charge in [-0.3, -0.25) is 9.48 Å². The summed E-state index contributed by atoms with van der Waals surface area (Å²) in [6, 6.07) is 5.69. The molecule has 1 heterocycles. The van der Waals surface area contributed by atoms with E-state index in [0.717, 1.165) is 17.1 Å². The molecule has 0 bridgehead atoms. The molecule has 106 valence electrons. The first-order chi connectivity index (χ1) is 9.60. The Labute approximate surface area is 122 Å². The van der Waals surface area contributed by atoms with Crippen LogP contribution >= 0.6 is 11.8 Å². The number of aromatic nitrogens is 2. The molecule has 0 aliphatic rings. The largest absolute Gasteiger partial charge is 0.397 e. The predicted molar refractivity (Wildman–Crippen MR) is 83.0 cm³/mol. The number of rotatable bonds is 5. The second-order valence-corrected chi connectivity index (χ2v) is 5.62. The molecule has 20 heavy (non-hydrogen) atoms. The Bertz CT molecular complexity index is 609. The Balaban J connectivity index is 2.13. The molecule has 0 radical (unpaired) electrons. The summed E-state index contributed by atoms with van der Waals surface area (Å²) in [5, 5.41) is 6.81. The van der Waals surface area contributed by atoms with Gasteiger partial charge in [-0.2, -0.15) is 5.10 Å². The summed E-state index contributed by atoms with van der Waals surface area (Å²) < 4.78 is 1.59. The highest BCUT2D eigenvalue weighted by atomic mass is 32.2. The van der Waals surface area contributed by atoms with Crippen LogP contribution in [0.2, 0.25) is 0 Å². The van der Waals surface area contributed by atoms with Crippen molar-refractivity contribution >= 4 is 29.0 Å². The van der Waals surface area contributed by atoms with Crippen LogP contribution in [0.5, 0.6) is 0 Å². The van der Waals surface area contributed by atoms with Gasteiger partial charge in [-0.15, -0.1) is 11.8 Å². The second kappa shape index (κ2) is 6.47. The van der Waals surface area contributed by atoms with Crippen LogP contribution in [0.3, 0.4) is 0 Å². The zero-order valence-corrected chi connectivity index (χ0v) is 12.4. The molecular formula is C14H18N4OS. The van der Waals surface area contributed by atoms with E-state index in [2.05, 4.69) is 17.3 Å². The molecular weight excluding hydrogens is 272 g/mol. The molecule has 0 spiro atoms. The Morgan fingerprint density at radius 3 is 2.95 bits per heavy atom. The van der Waals surface area contributed by atoms with Gasteiger partial charge in [-0.25, -0.2) is 0 Å². The number of nitrogen functional groups attached to an aromatic ring is 1. The van der Waals surface area contributed by atoms with Gasteiger partial charge in [0.1, 0.15) is 0 Å². The topological polar surface area (TPSA) is 72.9 Å². The van der Waals surface area contributed by atoms with Crippen LogP contribution in [0.1, 0.15) is 23.7 Å². The maximum absolute atomic E-state index is 12.1.